The lowest BCUT2D eigenvalue weighted by atomic mass is 9.95. The molecule has 6 nitrogen and oxygen atoms in total. The number of benzene rings is 1. The fourth-order valence-corrected chi connectivity index (χ4v) is 2.12. The van der Waals surface area contributed by atoms with Crippen LogP contribution in [0.4, 0.5) is 0 Å². The number of rotatable bonds is 3. The molecule has 0 radical (unpaired) electrons. The van der Waals surface area contributed by atoms with E-state index in [1.165, 1.54) is 35.9 Å². The molecule has 0 atom stereocenters. The van der Waals surface area contributed by atoms with Gasteiger partial charge >= 0.3 is 0 Å². The van der Waals surface area contributed by atoms with Gasteiger partial charge in [-0.1, -0.05) is 5.21 Å². The van der Waals surface area contributed by atoms with Crippen molar-refractivity contribution in [1.29, 1.82) is 0 Å². The van der Waals surface area contributed by atoms with Crippen LogP contribution in [-0.2, 0) is 10.4 Å². The molecule has 3 rings (SSSR count). The van der Waals surface area contributed by atoms with E-state index in [1.807, 2.05) is 0 Å². The van der Waals surface area contributed by atoms with Gasteiger partial charge in [-0.3, -0.25) is 9.59 Å². The molecule has 1 aromatic heterocycles. The third-order valence-electron chi connectivity index (χ3n) is 3.45. The van der Waals surface area contributed by atoms with Crippen LogP contribution in [0.1, 0.15) is 23.0 Å². The van der Waals surface area contributed by atoms with Gasteiger partial charge in [0.05, 0.1) is 11.9 Å². The summed E-state index contributed by atoms with van der Waals surface area (Å²) in [5.41, 5.74) is 0.195. The van der Waals surface area contributed by atoms with Crippen LogP contribution in [0.25, 0.3) is 5.69 Å². The largest absolute Gasteiger partial charge is 0.376 e. The quantitative estimate of drug-likeness (QED) is 0.864. The molecular formula is C16H13N3O3. The number of hydrogen-bond donors (Lipinski definition) is 1. The number of Topliss-reactive ketones (excluding diaryl/α,β-unsaturated/α-hetero) is 1. The van der Waals surface area contributed by atoms with E-state index in [4.69, 9.17) is 0 Å². The fraction of sp³-hybridized carbons (Fsp3) is 0.125. The zero-order valence-corrected chi connectivity index (χ0v) is 11.8. The van der Waals surface area contributed by atoms with Crippen molar-refractivity contribution in [3.05, 3.63) is 66.0 Å². The van der Waals surface area contributed by atoms with Crippen molar-refractivity contribution in [2.45, 2.75) is 12.5 Å². The van der Waals surface area contributed by atoms with E-state index in [1.54, 1.807) is 30.5 Å². The van der Waals surface area contributed by atoms with Crippen molar-refractivity contribution in [2.24, 2.45) is 0 Å². The van der Waals surface area contributed by atoms with E-state index in [-0.39, 0.29) is 11.6 Å². The van der Waals surface area contributed by atoms with E-state index in [9.17, 15) is 14.7 Å². The number of aromatic nitrogens is 3. The summed E-state index contributed by atoms with van der Waals surface area (Å²) < 4.78 is 1.50. The molecule has 1 aromatic carbocycles. The molecule has 6 heteroatoms. The summed E-state index contributed by atoms with van der Waals surface area (Å²) in [4.78, 5) is 22.4. The number of aliphatic hydroxyl groups is 1. The minimum Gasteiger partial charge on any atom is -0.376 e. The zero-order chi connectivity index (χ0) is 15.7. The van der Waals surface area contributed by atoms with Crippen molar-refractivity contribution in [3.63, 3.8) is 0 Å². The minimum atomic E-state index is -1.44. The van der Waals surface area contributed by atoms with E-state index >= 15 is 0 Å². The van der Waals surface area contributed by atoms with Gasteiger partial charge in [0, 0.05) is 5.56 Å². The minimum absolute atomic E-state index is 0.0118. The zero-order valence-electron chi connectivity index (χ0n) is 11.8. The Labute approximate surface area is 126 Å². The van der Waals surface area contributed by atoms with Crippen molar-refractivity contribution in [1.82, 2.24) is 15.0 Å². The van der Waals surface area contributed by atoms with Crippen molar-refractivity contribution < 1.29 is 14.7 Å². The van der Waals surface area contributed by atoms with Gasteiger partial charge in [-0.05, 0) is 55.5 Å². The van der Waals surface area contributed by atoms with Gasteiger partial charge in [-0.2, -0.15) is 0 Å². The second-order valence-electron chi connectivity index (χ2n) is 5.05. The van der Waals surface area contributed by atoms with E-state index in [0.29, 0.717) is 16.9 Å². The second-order valence-corrected chi connectivity index (χ2v) is 5.05. The molecule has 0 saturated carbocycles. The lowest BCUT2D eigenvalue weighted by Gasteiger charge is -2.18. The van der Waals surface area contributed by atoms with Crippen LogP contribution < -0.4 is 0 Å². The smallest absolute Gasteiger partial charge is 0.178 e. The Morgan fingerprint density at radius 1 is 1.18 bits per heavy atom. The molecule has 1 aliphatic carbocycles. The highest BCUT2D eigenvalue weighted by molar-refractivity contribution is 6.00. The maximum atomic E-state index is 11.3. The van der Waals surface area contributed by atoms with Crippen molar-refractivity contribution >= 4 is 11.6 Å². The maximum Gasteiger partial charge on any atom is 0.178 e. The summed E-state index contributed by atoms with van der Waals surface area (Å²) in [6.07, 6.45) is 6.92. The SMILES string of the molecule is CC(=O)c1ccc(-n2cc(C3(O)C=CC(=O)C=C3)nn2)cc1. The predicted molar refractivity (Wildman–Crippen MR) is 78.5 cm³/mol. The third kappa shape index (κ3) is 2.51. The Morgan fingerprint density at radius 2 is 1.82 bits per heavy atom. The summed E-state index contributed by atoms with van der Waals surface area (Å²) in [5, 5.41) is 18.4. The first-order chi connectivity index (χ1) is 10.5. The topological polar surface area (TPSA) is 85.1 Å². The summed E-state index contributed by atoms with van der Waals surface area (Å²) in [7, 11) is 0. The van der Waals surface area contributed by atoms with Crippen molar-refractivity contribution in [2.75, 3.05) is 0 Å². The normalized spacial score (nSPS) is 16.0. The first-order valence-electron chi connectivity index (χ1n) is 6.67. The molecule has 1 N–H and O–H groups in total. The summed E-state index contributed by atoms with van der Waals surface area (Å²) in [5.74, 6) is -0.195. The summed E-state index contributed by atoms with van der Waals surface area (Å²) in [6.45, 7) is 1.50. The molecule has 1 aliphatic rings. The van der Waals surface area contributed by atoms with E-state index in [0.717, 1.165) is 0 Å². The summed E-state index contributed by atoms with van der Waals surface area (Å²) in [6, 6.07) is 6.89. The molecule has 2 aromatic rings. The van der Waals surface area contributed by atoms with Crippen LogP contribution in [-0.4, -0.2) is 31.7 Å². The maximum absolute atomic E-state index is 11.3. The molecule has 0 bridgehead atoms. The Hall–Kier alpha value is -2.86. The van der Waals surface area contributed by atoms with Crippen LogP contribution >= 0.6 is 0 Å². The monoisotopic (exact) mass is 295 g/mol. The van der Waals surface area contributed by atoms with Gasteiger partial charge in [0.2, 0.25) is 0 Å². The molecule has 1 heterocycles. The van der Waals surface area contributed by atoms with Crippen LogP contribution in [0.5, 0.6) is 0 Å². The van der Waals surface area contributed by atoms with Gasteiger partial charge in [-0.25, -0.2) is 4.68 Å². The Balaban J connectivity index is 1.91. The fourth-order valence-electron chi connectivity index (χ4n) is 2.12. The molecule has 0 saturated heterocycles. The van der Waals surface area contributed by atoms with Gasteiger partial charge in [-0.15, -0.1) is 5.10 Å². The average molecular weight is 295 g/mol. The van der Waals surface area contributed by atoms with Crippen LogP contribution in [0.3, 0.4) is 0 Å². The Kier molecular flexibility index (Phi) is 3.30. The van der Waals surface area contributed by atoms with Crippen molar-refractivity contribution in [3.8, 4) is 5.69 Å². The third-order valence-corrected chi connectivity index (χ3v) is 3.45. The van der Waals surface area contributed by atoms with E-state index in [2.05, 4.69) is 10.3 Å². The van der Waals surface area contributed by atoms with Crippen LogP contribution in [0.15, 0.2) is 54.8 Å². The number of carbonyl (C=O) groups excluding carboxylic acids is 2. The highest BCUT2D eigenvalue weighted by atomic mass is 16.3. The number of hydrogen-bond acceptors (Lipinski definition) is 5. The Bertz CT molecular complexity index is 784. The molecular weight excluding hydrogens is 282 g/mol. The number of carbonyl (C=O) groups is 2. The first kappa shape index (κ1) is 14.1. The molecule has 110 valence electrons. The number of ketones is 2. The lowest BCUT2D eigenvalue weighted by molar-refractivity contribution is -0.110. The predicted octanol–water partition coefficient (Wildman–Crippen LogP) is 1.35. The molecule has 0 aliphatic heterocycles. The second kappa shape index (κ2) is 5.16. The molecule has 0 unspecified atom stereocenters. The first-order valence-corrected chi connectivity index (χ1v) is 6.67. The van der Waals surface area contributed by atoms with Gasteiger partial charge < -0.3 is 5.11 Å². The van der Waals surface area contributed by atoms with Crippen LogP contribution in [0.2, 0.25) is 0 Å². The highest BCUT2D eigenvalue weighted by Gasteiger charge is 2.29. The van der Waals surface area contributed by atoms with Gasteiger partial charge in [0.25, 0.3) is 0 Å². The number of allylic oxidation sites excluding steroid dienone is 2. The number of nitrogens with zero attached hydrogens (tertiary/aromatic N) is 3. The molecule has 22 heavy (non-hydrogen) atoms. The average Bonchev–Trinajstić information content (AvgIpc) is 3.01. The highest BCUT2D eigenvalue weighted by Crippen LogP contribution is 2.25. The Morgan fingerprint density at radius 3 is 2.41 bits per heavy atom. The molecule has 0 amide bonds. The van der Waals surface area contributed by atoms with E-state index < -0.39 is 5.60 Å². The van der Waals surface area contributed by atoms with Gasteiger partial charge in [0.1, 0.15) is 11.3 Å². The van der Waals surface area contributed by atoms with Crippen LogP contribution in [0, 0.1) is 0 Å². The molecule has 0 fully saturated rings. The lowest BCUT2D eigenvalue weighted by Crippen LogP contribution is -2.23. The van der Waals surface area contributed by atoms with Gasteiger partial charge in [0.15, 0.2) is 11.6 Å². The summed E-state index contributed by atoms with van der Waals surface area (Å²) >= 11 is 0. The standard InChI is InChI=1S/C16H13N3O3/c1-11(20)12-2-4-13(5-3-12)19-10-15(17-18-19)16(22)8-6-14(21)7-9-16/h2-10,22H,1H3. The molecule has 0 spiro atoms.